The molecule has 0 bridgehead atoms. The standard InChI is InChI=1S/C33H51N5O8/c1-20(2)24(27(41)45-10)35-29(43)33(8,9)36-25(39)22(19-21-15-12-11-13-16-21)34-28(42)32(6,7)37-26(40)23-17-14-18-38(23)30(44)46-31(3,4)5/h11-13,15-16,20,22-24H,14,17-19H2,1-10H3,(H,34,42)(H,35,43)(H,36,39)(H,37,40)/t22-,23+,24-/m1/s1. The van der Waals surface area contributed by atoms with E-state index in [2.05, 4.69) is 21.3 Å². The molecule has 0 unspecified atom stereocenters. The fraction of sp³-hybridized carbons (Fsp3) is 0.636. The lowest BCUT2D eigenvalue weighted by molar-refractivity contribution is -0.147. The molecule has 1 heterocycles. The maximum Gasteiger partial charge on any atom is 0.410 e. The van der Waals surface area contributed by atoms with Gasteiger partial charge in [-0.3, -0.25) is 24.1 Å². The van der Waals surface area contributed by atoms with Crippen LogP contribution in [-0.2, 0) is 39.9 Å². The van der Waals surface area contributed by atoms with E-state index in [0.717, 1.165) is 5.56 Å². The number of benzene rings is 1. The highest BCUT2D eigenvalue weighted by Crippen LogP contribution is 2.22. The summed E-state index contributed by atoms with van der Waals surface area (Å²) < 4.78 is 10.3. The number of hydrogen-bond donors (Lipinski definition) is 4. The minimum atomic E-state index is -1.48. The number of hydrogen-bond acceptors (Lipinski definition) is 8. The average Bonchev–Trinajstić information content (AvgIpc) is 3.44. The highest BCUT2D eigenvalue weighted by atomic mass is 16.6. The summed E-state index contributed by atoms with van der Waals surface area (Å²) in [6.45, 7) is 15.0. The number of nitrogens with zero attached hydrogens (tertiary/aromatic N) is 1. The summed E-state index contributed by atoms with van der Waals surface area (Å²) in [5.74, 6) is -3.32. The third kappa shape index (κ3) is 10.7. The lowest BCUT2D eigenvalue weighted by Gasteiger charge is -2.33. The highest BCUT2D eigenvalue weighted by molar-refractivity contribution is 5.98. The Morgan fingerprint density at radius 2 is 1.43 bits per heavy atom. The molecule has 1 aliphatic heterocycles. The maximum absolute atomic E-state index is 13.7. The smallest absolute Gasteiger partial charge is 0.410 e. The second-order valence-electron chi connectivity index (χ2n) is 14.0. The predicted octanol–water partition coefficient (Wildman–Crippen LogP) is 2.22. The first-order valence-corrected chi connectivity index (χ1v) is 15.6. The molecule has 0 aromatic heterocycles. The number of carbonyl (C=O) groups excluding carboxylic acids is 6. The monoisotopic (exact) mass is 645 g/mol. The molecule has 0 spiro atoms. The van der Waals surface area contributed by atoms with Crippen LogP contribution in [0.1, 0.15) is 80.7 Å². The van der Waals surface area contributed by atoms with E-state index in [0.29, 0.717) is 19.4 Å². The molecule has 13 heteroatoms. The van der Waals surface area contributed by atoms with Crippen LogP contribution in [0.2, 0.25) is 0 Å². The van der Waals surface area contributed by atoms with Gasteiger partial charge in [-0.1, -0.05) is 44.2 Å². The van der Waals surface area contributed by atoms with Crippen LogP contribution in [0.3, 0.4) is 0 Å². The van der Waals surface area contributed by atoms with Gasteiger partial charge in [-0.2, -0.15) is 0 Å². The Morgan fingerprint density at radius 3 is 1.98 bits per heavy atom. The molecule has 1 saturated heterocycles. The Bertz CT molecular complexity index is 1270. The van der Waals surface area contributed by atoms with Crippen molar-refractivity contribution in [3.63, 3.8) is 0 Å². The minimum Gasteiger partial charge on any atom is -0.467 e. The zero-order valence-corrected chi connectivity index (χ0v) is 28.7. The van der Waals surface area contributed by atoms with Crippen molar-refractivity contribution in [2.24, 2.45) is 5.92 Å². The quantitative estimate of drug-likeness (QED) is 0.251. The van der Waals surface area contributed by atoms with E-state index < -0.39 is 70.5 Å². The molecule has 46 heavy (non-hydrogen) atoms. The summed E-state index contributed by atoms with van der Waals surface area (Å²) in [6.07, 6.45) is 0.493. The van der Waals surface area contributed by atoms with Crippen molar-refractivity contribution < 1.29 is 38.2 Å². The summed E-state index contributed by atoms with van der Waals surface area (Å²) >= 11 is 0. The van der Waals surface area contributed by atoms with Gasteiger partial charge in [0.1, 0.15) is 34.8 Å². The molecule has 1 aromatic rings. The largest absolute Gasteiger partial charge is 0.467 e. The Balaban J connectivity index is 2.22. The van der Waals surface area contributed by atoms with E-state index in [9.17, 15) is 28.8 Å². The van der Waals surface area contributed by atoms with E-state index in [4.69, 9.17) is 9.47 Å². The van der Waals surface area contributed by atoms with Crippen molar-refractivity contribution in [1.82, 2.24) is 26.2 Å². The number of carbonyl (C=O) groups is 6. The van der Waals surface area contributed by atoms with Crippen LogP contribution in [0.15, 0.2) is 30.3 Å². The van der Waals surface area contributed by atoms with Crippen LogP contribution in [0, 0.1) is 5.92 Å². The third-order valence-corrected chi connectivity index (χ3v) is 7.50. The van der Waals surface area contributed by atoms with Crippen molar-refractivity contribution >= 4 is 35.7 Å². The van der Waals surface area contributed by atoms with Gasteiger partial charge in [0.2, 0.25) is 23.6 Å². The van der Waals surface area contributed by atoms with Crippen LogP contribution in [0.25, 0.3) is 0 Å². The van der Waals surface area contributed by atoms with Crippen molar-refractivity contribution in [2.45, 2.75) is 116 Å². The Kier molecular flexibility index (Phi) is 12.7. The summed E-state index contributed by atoms with van der Waals surface area (Å²) in [6, 6.07) is 6.13. The average molecular weight is 646 g/mol. The van der Waals surface area contributed by atoms with Gasteiger partial charge in [-0.05, 0) is 72.8 Å². The molecular weight excluding hydrogens is 594 g/mol. The number of nitrogens with one attached hydrogen (secondary N) is 4. The number of likely N-dealkylation sites (tertiary alicyclic amines) is 1. The van der Waals surface area contributed by atoms with Crippen LogP contribution in [0.4, 0.5) is 4.79 Å². The molecule has 5 amide bonds. The molecule has 13 nitrogen and oxygen atoms in total. The zero-order chi connectivity index (χ0) is 35.0. The summed E-state index contributed by atoms with van der Waals surface area (Å²) in [5.41, 5.74) is -2.95. The SMILES string of the molecule is COC(=O)[C@H](NC(=O)C(C)(C)NC(=O)[C@@H](Cc1ccccc1)NC(=O)C(C)(C)NC(=O)[C@@H]1CCCN1C(=O)OC(C)(C)C)C(C)C. The molecule has 0 radical (unpaired) electrons. The van der Waals surface area contributed by atoms with E-state index in [1.54, 1.807) is 58.9 Å². The topological polar surface area (TPSA) is 172 Å². The van der Waals surface area contributed by atoms with Crippen LogP contribution >= 0.6 is 0 Å². The Labute approximate surface area is 271 Å². The van der Waals surface area contributed by atoms with Crippen LogP contribution in [0.5, 0.6) is 0 Å². The Hall–Kier alpha value is -4.16. The van der Waals surface area contributed by atoms with E-state index >= 15 is 0 Å². The lowest BCUT2D eigenvalue weighted by atomic mass is 9.97. The fourth-order valence-corrected chi connectivity index (χ4v) is 4.82. The third-order valence-electron chi connectivity index (χ3n) is 7.50. The number of ether oxygens (including phenoxy) is 2. The predicted molar refractivity (Wildman–Crippen MR) is 171 cm³/mol. The maximum atomic E-state index is 13.7. The molecule has 1 aromatic carbocycles. The van der Waals surface area contributed by atoms with Crippen molar-refractivity contribution in [1.29, 1.82) is 0 Å². The van der Waals surface area contributed by atoms with E-state index in [1.807, 2.05) is 6.07 Å². The number of esters is 1. The fourth-order valence-electron chi connectivity index (χ4n) is 4.82. The molecule has 1 fully saturated rings. The molecule has 256 valence electrons. The molecular formula is C33H51N5O8. The molecule has 4 N–H and O–H groups in total. The summed E-state index contributed by atoms with van der Waals surface area (Å²) in [7, 11) is 1.22. The van der Waals surface area contributed by atoms with Crippen molar-refractivity contribution in [3.8, 4) is 0 Å². The molecule has 0 aliphatic carbocycles. The number of rotatable bonds is 12. The number of methoxy groups -OCH3 is 1. The minimum absolute atomic E-state index is 0.0893. The molecule has 0 saturated carbocycles. The number of amides is 5. The van der Waals surface area contributed by atoms with E-state index in [1.165, 1.54) is 39.7 Å². The second-order valence-corrected chi connectivity index (χ2v) is 14.0. The summed E-state index contributed by atoms with van der Waals surface area (Å²) in [5, 5.41) is 10.8. The molecule has 1 aliphatic rings. The van der Waals surface area contributed by atoms with Gasteiger partial charge < -0.3 is 30.7 Å². The van der Waals surface area contributed by atoms with Gasteiger partial charge in [-0.25, -0.2) is 9.59 Å². The van der Waals surface area contributed by atoms with Gasteiger partial charge >= 0.3 is 12.1 Å². The first-order valence-electron chi connectivity index (χ1n) is 15.6. The van der Waals surface area contributed by atoms with Crippen molar-refractivity contribution in [3.05, 3.63) is 35.9 Å². The van der Waals surface area contributed by atoms with Gasteiger partial charge in [0.05, 0.1) is 7.11 Å². The van der Waals surface area contributed by atoms with Gasteiger partial charge in [0, 0.05) is 13.0 Å². The first kappa shape index (κ1) is 38.0. The van der Waals surface area contributed by atoms with Gasteiger partial charge in [0.15, 0.2) is 0 Å². The van der Waals surface area contributed by atoms with Crippen LogP contribution in [-0.4, -0.2) is 89.1 Å². The second kappa shape index (κ2) is 15.4. The van der Waals surface area contributed by atoms with Gasteiger partial charge in [0.25, 0.3) is 0 Å². The Morgan fingerprint density at radius 1 is 0.870 bits per heavy atom. The summed E-state index contributed by atoms with van der Waals surface area (Å²) in [4.78, 5) is 80.1. The molecule has 2 rings (SSSR count). The normalized spacial score (nSPS) is 16.6. The van der Waals surface area contributed by atoms with E-state index in [-0.39, 0.29) is 12.3 Å². The molecule has 3 atom stereocenters. The van der Waals surface area contributed by atoms with Crippen LogP contribution < -0.4 is 21.3 Å². The first-order chi connectivity index (χ1) is 21.2. The lowest BCUT2D eigenvalue weighted by Crippen LogP contribution is -2.64. The zero-order valence-electron chi connectivity index (χ0n) is 28.7. The van der Waals surface area contributed by atoms with Crippen molar-refractivity contribution in [2.75, 3.05) is 13.7 Å². The van der Waals surface area contributed by atoms with Gasteiger partial charge in [-0.15, -0.1) is 0 Å². The highest BCUT2D eigenvalue weighted by Gasteiger charge is 2.41.